The second-order valence-electron chi connectivity index (χ2n) is 6.38. The van der Waals surface area contributed by atoms with E-state index < -0.39 is 0 Å². The Morgan fingerprint density at radius 3 is 2.55 bits per heavy atom. The summed E-state index contributed by atoms with van der Waals surface area (Å²) >= 11 is 0. The average molecular weight is 272 g/mol. The normalized spacial score (nSPS) is 27.9. The van der Waals surface area contributed by atoms with Gasteiger partial charge in [-0.25, -0.2) is 0 Å². The molecule has 2 saturated carbocycles. The van der Waals surface area contributed by atoms with Gasteiger partial charge in [0.1, 0.15) is 0 Å². The lowest BCUT2D eigenvalue weighted by Crippen LogP contribution is -2.48. The van der Waals surface area contributed by atoms with Crippen molar-refractivity contribution < 1.29 is 4.79 Å². The van der Waals surface area contributed by atoms with Crippen molar-refractivity contribution in [3.05, 3.63) is 35.9 Å². The second kappa shape index (κ2) is 5.57. The number of amides is 1. The zero-order valence-electron chi connectivity index (χ0n) is 12.0. The van der Waals surface area contributed by atoms with E-state index in [-0.39, 0.29) is 11.3 Å². The molecule has 108 valence electrons. The highest BCUT2D eigenvalue weighted by Crippen LogP contribution is 2.42. The van der Waals surface area contributed by atoms with Gasteiger partial charge < -0.3 is 11.1 Å². The van der Waals surface area contributed by atoms with Crippen LogP contribution in [0.25, 0.3) is 0 Å². The fraction of sp³-hybridized carbons (Fsp3) is 0.588. The van der Waals surface area contributed by atoms with Crippen molar-refractivity contribution in [3.63, 3.8) is 0 Å². The molecule has 0 spiro atoms. The Hall–Kier alpha value is -1.35. The summed E-state index contributed by atoms with van der Waals surface area (Å²) < 4.78 is 0. The first-order chi connectivity index (χ1) is 9.75. The maximum Gasteiger partial charge on any atom is 0.227 e. The Kier molecular flexibility index (Phi) is 3.79. The monoisotopic (exact) mass is 272 g/mol. The topological polar surface area (TPSA) is 55.1 Å². The molecule has 2 fully saturated rings. The molecule has 0 radical (unpaired) electrons. The van der Waals surface area contributed by atoms with Gasteiger partial charge in [0.25, 0.3) is 0 Å². The van der Waals surface area contributed by atoms with Crippen molar-refractivity contribution in [3.8, 4) is 0 Å². The molecule has 0 saturated heterocycles. The largest absolute Gasteiger partial charge is 0.352 e. The highest BCUT2D eigenvalue weighted by Gasteiger charge is 2.44. The van der Waals surface area contributed by atoms with Gasteiger partial charge in [-0.2, -0.15) is 0 Å². The molecule has 2 aliphatic carbocycles. The maximum absolute atomic E-state index is 12.6. The number of nitrogens with one attached hydrogen (secondary N) is 1. The van der Waals surface area contributed by atoms with Crippen LogP contribution >= 0.6 is 0 Å². The summed E-state index contributed by atoms with van der Waals surface area (Å²) in [6.45, 7) is 0.488. The molecular formula is C17H24N2O. The van der Waals surface area contributed by atoms with E-state index in [9.17, 15) is 4.79 Å². The van der Waals surface area contributed by atoms with Crippen LogP contribution in [0.4, 0.5) is 0 Å². The highest BCUT2D eigenvalue weighted by atomic mass is 16.2. The lowest BCUT2D eigenvalue weighted by molar-refractivity contribution is -0.132. The summed E-state index contributed by atoms with van der Waals surface area (Å²) in [4.78, 5) is 12.6. The summed E-state index contributed by atoms with van der Waals surface area (Å²) in [5, 5.41) is 3.24. The standard InChI is InChI=1S/C17H24N2O/c18-12-17(9-5-2-6-10-17)16(20)19-15-11-14(15)13-7-3-1-4-8-13/h1,3-4,7-8,14-15H,2,5-6,9-12,18H2,(H,19,20). The van der Waals surface area contributed by atoms with Crippen LogP contribution in [0.1, 0.15) is 50.0 Å². The Morgan fingerprint density at radius 1 is 1.20 bits per heavy atom. The molecule has 3 heteroatoms. The second-order valence-corrected chi connectivity index (χ2v) is 6.38. The molecule has 3 rings (SSSR count). The third-order valence-corrected chi connectivity index (χ3v) is 5.02. The number of rotatable bonds is 4. The van der Waals surface area contributed by atoms with Crippen molar-refractivity contribution >= 4 is 5.91 Å². The van der Waals surface area contributed by atoms with Crippen LogP contribution in [-0.4, -0.2) is 18.5 Å². The summed E-state index contributed by atoms with van der Waals surface area (Å²) in [7, 11) is 0. The van der Waals surface area contributed by atoms with E-state index in [0.717, 1.165) is 32.1 Å². The molecule has 0 bridgehead atoms. The van der Waals surface area contributed by atoms with Crippen molar-refractivity contribution in [2.45, 2.75) is 50.5 Å². The number of hydrogen-bond acceptors (Lipinski definition) is 2. The Balaban J connectivity index is 1.60. The highest BCUT2D eigenvalue weighted by molar-refractivity contribution is 5.83. The fourth-order valence-corrected chi connectivity index (χ4v) is 3.50. The van der Waals surface area contributed by atoms with Crippen molar-refractivity contribution in [2.24, 2.45) is 11.1 Å². The molecule has 1 amide bonds. The number of benzene rings is 1. The molecule has 3 N–H and O–H groups in total. The minimum absolute atomic E-state index is 0.197. The van der Waals surface area contributed by atoms with Gasteiger partial charge in [-0.15, -0.1) is 0 Å². The summed E-state index contributed by atoms with van der Waals surface area (Å²) in [6, 6.07) is 10.8. The first-order valence-corrected chi connectivity index (χ1v) is 7.81. The third-order valence-electron chi connectivity index (χ3n) is 5.02. The van der Waals surface area contributed by atoms with E-state index >= 15 is 0 Å². The van der Waals surface area contributed by atoms with Crippen molar-refractivity contribution in [2.75, 3.05) is 6.54 Å². The SMILES string of the molecule is NCC1(C(=O)NC2CC2c2ccccc2)CCCCC1. The Morgan fingerprint density at radius 2 is 1.90 bits per heavy atom. The molecule has 1 aromatic rings. The quantitative estimate of drug-likeness (QED) is 0.885. The molecular weight excluding hydrogens is 248 g/mol. The summed E-state index contributed by atoms with van der Waals surface area (Å²) in [6.07, 6.45) is 6.49. The average Bonchev–Trinajstić information content (AvgIpc) is 3.28. The molecule has 0 aliphatic heterocycles. The van der Waals surface area contributed by atoms with E-state index in [1.807, 2.05) is 6.07 Å². The first kappa shape index (κ1) is 13.6. The van der Waals surface area contributed by atoms with E-state index in [2.05, 4.69) is 29.6 Å². The summed E-state index contributed by atoms with van der Waals surface area (Å²) in [5.74, 6) is 0.696. The lowest BCUT2D eigenvalue weighted by Gasteiger charge is -2.34. The molecule has 20 heavy (non-hydrogen) atoms. The molecule has 1 aromatic carbocycles. The Bertz CT molecular complexity index is 465. The van der Waals surface area contributed by atoms with E-state index in [4.69, 9.17) is 5.73 Å². The molecule has 3 nitrogen and oxygen atoms in total. The van der Waals surface area contributed by atoms with Gasteiger partial charge in [0.05, 0.1) is 5.41 Å². The lowest BCUT2D eigenvalue weighted by atomic mass is 9.73. The van der Waals surface area contributed by atoms with Crippen LogP contribution in [0, 0.1) is 5.41 Å². The van der Waals surface area contributed by atoms with Gasteiger partial charge in [0.15, 0.2) is 0 Å². The number of nitrogens with two attached hydrogens (primary N) is 1. The molecule has 2 atom stereocenters. The van der Waals surface area contributed by atoms with Gasteiger partial charge in [-0.05, 0) is 24.8 Å². The first-order valence-electron chi connectivity index (χ1n) is 7.81. The van der Waals surface area contributed by atoms with E-state index in [1.54, 1.807) is 0 Å². The van der Waals surface area contributed by atoms with E-state index in [0.29, 0.717) is 18.5 Å². The predicted molar refractivity (Wildman–Crippen MR) is 80.3 cm³/mol. The number of carbonyl (C=O) groups excluding carboxylic acids is 1. The molecule has 2 aliphatic rings. The van der Waals surface area contributed by atoms with Gasteiger partial charge >= 0.3 is 0 Å². The minimum Gasteiger partial charge on any atom is -0.352 e. The molecule has 0 aromatic heterocycles. The Labute approximate surface area is 120 Å². The van der Waals surface area contributed by atoms with Crippen LogP contribution in [0.3, 0.4) is 0 Å². The van der Waals surface area contributed by atoms with E-state index in [1.165, 1.54) is 12.0 Å². The van der Waals surface area contributed by atoms with Crippen LogP contribution < -0.4 is 11.1 Å². The van der Waals surface area contributed by atoms with Crippen LogP contribution in [0.5, 0.6) is 0 Å². The van der Waals surface area contributed by atoms with Gasteiger partial charge in [0, 0.05) is 18.5 Å². The zero-order valence-corrected chi connectivity index (χ0v) is 12.0. The van der Waals surface area contributed by atoms with Gasteiger partial charge in [-0.1, -0.05) is 49.6 Å². The van der Waals surface area contributed by atoms with Crippen LogP contribution in [0.2, 0.25) is 0 Å². The van der Waals surface area contributed by atoms with Crippen LogP contribution in [0.15, 0.2) is 30.3 Å². The zero-order chi connectivity index (χ0) is 14.0. The molecule has 2 unspecified atom stereocenters. The van der Waals surface area contributed by atoms with Crippen molar-refractivity contribution in [1.29, 1.82) is 0 Å². The molecule has 0 heterocycles. The summed E-state index contributed by atoms with van der Waals surface area (Å²) in [5.41, 5.74) is 6.97. The minimum atomic E-state index is -0.290. The van der Waals surface area contributed by atoms with Gasteiger partial charge in [0.2, 0.25) is 5.91 Å². The van der Waals surface area contributed by atoms with Crippen molar-refractivity contribution in [1.82, 2.24) is 5.32 Å². The van der Waals surface area contributed by atoms with Crippen LogP contribution in [-0.2, 0) is 4.79 Å². The fourth-order valence-electron chi connectivity index (χ4n) is 3.50. The van der Waals surface area contributed by atoms with Gasteiger partial charge in [-0.3, -0.25) is 4.79 Å². The predicted octanol–water partition coefficient (Wildman–Crippen LogP) is 2.57. The maximum atomic E-state index is 12.6. The smallest absolute Gasteiger partial charge is 0.227 e. The number of hydrogen-bond donors (Lipinski definition) is 2. The number of carbonyl (C=O) groups is 1. The third kappa shape index (κ3) is 2.59.